The molecule has 0 aliphatic heterocycles. The van der Waals surface area contributed by atoms with Crippen molar-refractivity contribution in [2.45, 2.75) is 117 Å². The molecule has 0 bridgehead atoms. The number of nitrogens with one attached hydrogen (secondary N) is 1. The van der Waals surface area contributed by atoms with Crippen molar-refractivity contribution < 1.29 is 0 Å². The summed E-state index contributed by atoms with van der Waals surface area (Å²) in [5.74, 6) is 0. The Morgan fingerprint density at radius 1 is 0.591 bits per heavy atom. The lowest BCUT2D eigenvalue weighted by molar-refractivity contribution is 0.554. The second-order valence-electron chi connectivity index (χ2n) is 6.70. The van der Waals surface area contributed by atoms with Gasteiger partial charge in [0.2, 0.25) is 0 Å². The third kappa shape index (κ3) is 17.9. The highest BCUT2D eigenvalue weighted by molar-refractivity contribution is 7.80. The molecule has 0 radical (unpaired) electrons. The number of hydrogen-bond donors (Lipinski definition) is 1. The fourth-order valence-electron chi connectivity index (χ4n) is 2.82. The molecule has 0 fully saturated rings. The first kappa shape index (κ1) is 21.9. The Hall–Kier alpha value is -0.110. The number of rotatable bonds is 17. The van der Waals surface area contributed by atoms with Gasteiger partial charge in [0.05, 0.1) is 4.99 Å². The summed E-state index contributed by atoms with van der Waals surface area (Å²) in [6.45, 7) is 5.63. The summed E-state index contributed by atoms with van der Waals surface area (Å²) in [7, 11) is 0. The fourth-order valence-corrected chi connectivity index (χ4v) is 3.06. The van der Waals surface area contributed by atoms with Crippen LogP contribution in [0.1, 0.15) is 117 Å². The van der Waals surface area contributed by atoms with Gasteiger partial charge in [-0.3, -0.25) is 0 Å². The van der Waals surface area contributed by atoms with Gasteiger partial charge in [0.15, 0.2) is 0 Å². The smallest absolute Gasteiger partial charge is 0.0753 e. The maximum Gasteiger partial charge on any atom is 0.0753 e. The minimum absolute atomic E-state index is 1.09. The molecule has 22 heavy (non-hydrogen) atoms. The lowest BCUT2D eigenvalue weighted by atomic mass is 10.1. The molecule has 132 valence electrons. The van der Waals surface area contributed by atoms with Gasteiger partial charge in [-0.05, 0) is 19.3 Å². The molecule has 0 aromatic carbocycles. The summed E-state index contributed by atoms with van der Waals surface area (Å²) in [6.07, 6.45) is 21.8. The molecule has 0 aliphatic carbocycles. The molecule has 0 heterocycles. The van der Waals surface area contributed by atoms with E-state index in [-0.39, 0.29) is 0 Å². The van der Waals surface area contributed by atoms with Crippen LogP contribution in [0.2, 0.25) is 0 Å². The first-order valence-corrected chi connectivity index (χ1v) is 10.5. The third-order valence-electron chi connectivity index (χ3n) is 4.36. The number of thiocarbonyl (C=S) groups is 1. The van der Waals surface area contributed by atoms with Crippen molar-refractivity contribution in [2.75, 3.05) is 6.54 Å². The van der Waals surface area contributed by atoms with E-state index in [0.717, 1.165) is 18.0 Å². The Morgan fingerprint density at radius 2 is 1.00 bits per heavy atom. The van der Waals surface area contributed by atoms with Gasteiger partial charge in [-0.1, -0.05) is 110 Å². The standard InChI is InChI=1S/C20H41NS/c1-3-5-7-9-10-11-12-13-15-17-19-21-20(22)18-16-14-8-6-4-2/h3-19H2,1-2H3,(H,21,22). The number of unbranched alkanes of at least 4 members (excludes halogenated alkanes) is 13. The molecule has 0 aliphatic rings. The maximum absolute atomic E-state index is 5.39. The molecule has 0 saturated heterocycles. The molecular weight excluding hydrogens is 286 g/mol. The molecule has 0 amide bonds. The monoisotopic (exact) mass is 327 g/mol. The molecule has 1 N–H and O–H groups in total. The quantitative estimate of drug-likeness (QED) is 0.224. The van der Waals surface area contributed by atoms with Crippen LogP contribution in [0.15, 0.2) is 0 Å². The van der Waals surface area contributed by atoms with Gasteiger partial charge in [-0.15, -0.1) is 0 Å². The van der Waals surface area contributed by atoms with Crippen LogP contribution in [-0.2, 0) is 0 Å². The van der Waals surface area contributed by atoms with Crippen molar-refractivity contribution in [2.24, 2.45) is 0 Å². The van der Waals surface area contributed by atoms with Crippen molar-refractivity contribution in [3.8, 4) is 0 Å². The van der Waals surface area contributed by atoms with E-state index in [4.69, 9.17) is 12.2 Å². The van der Waals surface area contributed by atoms with Gasteiger partial charge in [0.25, 0.3) is 0 Å². The minimum Gasteiger partial charge on any atom is -0.380 e. The SMILES string of the molecule is CCCCCCCCCCCCNC(=S)CCCCCCC. The molecule has 0 aromatic heterocycles. The van der Waals surface area contributed by atoms with Crippen LogP contribution >= 0.6 is 12.2 Å². The predicted molar refractivity (Wildman–Crippen MR) is 106 cm³/mol. The van der Waals surface area contributed by atoms with Gasteiger partial charge in [0, 0.05) is 6.54 Å². The Bertz CT molecular complexity index is 228. The second kappa shape index (κ2) is 18.9. The summed E-state index contributed by atoms with van der Waals surface area (Å²) < 4.78 is 0. The minimum atomic E-state index is 1.09. The molecule has 0 rings (SSSR count). The van der Waals surface area contributed by atoms with Crippen LogP contribution in [-0.4, -0.2) is 11.5 Å². The average molecular weight is 328 g/mol. The summed E-state index contributed by atoms with van der Waals surface area (Å²) in [4.78, 5) is 1.09. The van der Waals surface area contributed by atoms with Gasteiger partial charge in [-0.25, -0.2) is 0 Å². The van der Waals surface area contributed by atoms with Crippen LogP contribution in [0, 0.1) is 0 Å². The molecule has 0 unspecified atom stereocenters. The van der Waals surface area contributed by atoms with Crippen LogP contribution in [0.25, 0.3) is 0 Å². The lowest BCUT2D eigenvalue weighted by Gasteiger charge is -2.08. The van der Waals surface area contributed by atoms with Gasteiger partial charge in [0.1, 0.15) is 0 Å². The van der Waals surface area contributed by atoms with E-state index in [0.29, 0.717) is 0 Å². The zero-order valence-corrected chi connectivity index (χ0v) is 16.2. The second-order valence-corrected chi connectivity index (χ2v) is 7.19. The Morgan fingerprint density at radius 3 is 1.50 bits per heavy atom. The van der Waals surface area contributed by atoms with E-state index < -0.39 is 0 Å². The van der Waals surface area contributed by atoms with Crippen molar-refractivity contribution in [3.05, 3.63) is 0 Å². The van der Waals surface area contributed by atoms with E-state index in [2.05, 4.69) is 19.2 Å². The zero-order chi connectivity index (χ0) is 16.3. The highest BCUT2D eigenvalue weighted by atomic mass is 32.1. The Balaban J connectivity index is 3.10. The zero-order valence-electron chi connectivity index (χ0n) is 15.4. The van der Waals surface area contributed by atoms with Gasteiger partial charge < -0.3 is 5.32 Å². The lowest BCUT2D eigenvalue weighted by Crippen LogP contribution is -2.22. The molecular formula is C20H41NS. The normalized spacial score (nSPS) is 10.8. The molecule has 0 aromatic rings. The topological polar surface area (TPSA) is 12.0 Å². The van der Waals surface area contributed by atoms with Crippen molar-refractivity contribution >= 4 is 17.2 Å². The summed E-state index contributed by atoms with van der Waals surface area (Å²) >= 11 is 5.39. The molecule has 0 atom stereocenters. The highest BCUT2D eigenvalue weighted by Gasteiger charge is 1.97. The Kier molecular flexibility index (Phi) is 18.8. The van der Waals surface area contributed by atoms with E-state index in [1.54, 1.807) is 0 Å². The van der Waals surface area contributed by atoms with Crippen LogP contribution in [0.3, 0.4) is 0 Å². The fraction of sp³-hybridized carbons (Fsp3) is 0.950. The summed E-state index contributed by atoms with van der Waals surface area (Å²) in [5.41, 5.74) is 0. The Labute approximate surface area is 146 Å². The number of hydrogen-bond acceptors (Lipinski definition) is 1. The van der Waals surface area contributed by atoms with E-state index in [1.165, 1.54) is 96.3 Å². The van der Waals surface area contributed by atoms with Crippen molar-refractivity contribution in [3.63, 3.8) is 0 Å². The maximum atomic E-state index is 5.39. The van der Waals surface area contributed by atoms with Gasteiger partial charge in [-0.2, -0.15) is 0 Å². The van der Waals surface area contributed by atoms with Crippen LogP contribution in [0.5, 0.6) is 0 Å². The molecule has 2 heteroatoms. The van der Waals surface area contributed by atoms with E-state index in [1.807, 2.05) is 0 Å². The summed E-state index contributed by atoms with van der Waals surface area (Å²) in [6, 6.07) is 0. The predicted octanol–water partition coefficient (Wildman–Crippen LogP) is 7.18. The van der Waals surface area contributed by atoms with Crippen LogP contribution in [0.4, 0.5) is 0 Å². The summed E-state index contributed by atoms with van der Waals surface area (Å²) in [5, 5.41) is 3.43. The van der Waals surface area contributed by atoms with E-state index >= 15 is 0 Å². The van der Waals surface area contributed by atoms with Gasteiger partial charge >= 0.3 is 0 Å². The van der Waals surface area contributed by atoms with E-state index in [9.17, 15) is 0 Å². The first-order chi connectivity index (χ1) is 10.8. The average Bonchev–Trinajstić information content (AvgIpc) is 2.52. The molecule has 1 nitrogen and oxygen atoms in total. The van der Waals surface area contributed by atoms with Crippen LogP contribution < -0.4 is 5.32 Å². The van der Waals surface area contributed by atoms with Crippen molar-refractivity contribution in [1.29, 1.82) is 0 Å². The largest absolute Gasteiger partial charge is 0.380 e. The third-order valence-corrected chi connectivity index (χ3v) is 4.71. The first-order valence-electron chi connectivity index (χ1n) is 10.1. The molecule has 0 saturated carbocycles. The van der Waals surface area contributed by atoms with Crippen molar-refractivity contribution in [1.82, 2.24) is 5.32 Å². The molecule has 0 spiro atoms. The highest BCUT2D eigenvalue weighted by Crippen LogP contribution is 2.10.